The number of aromatic carboxylic acids is 1. The largest absolute Gasteiger partial charge is 1.00 e. The SMILES string of the molecule is O=C(O)c1cccc2c1N(CCNC1CN3CCC1CC3)S(=O)(=O)N2.[H-].[Li+]. The summed E-state index contributed by atoms with van der Waals surface area (Å²) in [6, 6.07) is 4.94. The summed E-state index contributed by atoms with van der Waals surface area (Å²) >= 11 is 0. The Bertz CT molecular complexity index is 802. The number of hydrogen-bond acceptors (Lipinski definition) is 5. The van der Waals surface area contributed by atoms with E-state index in [1.54, 1.807) is 12.1 Å². The van der Waals surface area contributed by atoms with Crippen LogP contribution in [-0.2, 0) is 10.2 Å². The van der Waals surface area contributed by atoms with Gasteiger partial charge in [0.25, 0.3) is 0 Å². The molecule has 4 heterocycles. The third-order valence-corrected chi connectivity index (χ3v) is 6.85. The second kappa shape index (κ2) is 7.41. The molecule has 1 aromatic carbocycles. The molecule has 3 saturated heterocycles. The van der Waals surface area contributed by atoms with Gasteiger partial charge in [-0.2, -0.15) is 8.42 Å². The molecule has 3 N–H and O–H groups in total. The number of piperidine rings is 3. The molecule has 0 radical (unpaired) electrons. The third kappa shape index (κ3) is 3.47. The summed E-state index contributed by atoms with van der Waals surface area (Å²) in [5.41, 5.74) is 0.544. The number of para-hydroxylation sites is 1. The number of benzene rings is 1. The van der Waals surface area contributed by atoms with Crippen molar-refractivity contribution in [3.05, 3.63) is 23.8 Å². The number of nitrogens with one attached hydrogen (secondary N) is 2. The maximum Gasteiger partial charge on any atom is 1.00 e. The first kappa shape index (κ1) is 19.5. The minimum Gasteiger partial charge on any atom is -1.00 e. The van der Waals surface area contributed by atoms with Gasteiger partial charge in [-0.3, -0.25) is 4.72 Å². The average Bonchev–Trinajstić information content (AvgIpc) is 2.85. The fraction of sp³-hybridized carbons (Fsp3) is 0.562. The zero-order chi connectivity index (χ0) is 17.6. The van der Waals surface area contributed by atoms with Gasteiger partial charge in [-0.15, -0.1) is 0 Å². The van der Waals surface area contributed by atoms with Crippen molar-refractivity contribution >= 4 is 27.6 Å². The number of nitrogens with zero attached hydrogens (tertiary/aromatic N) is 2. The van der Waals surface area contributed by atoms with Gasteiger partial charge in [0.2, 0.25) is 0 Å². The first-order valence-corrected chi connectivity index (χ1v) is 10.0. The Morgan fingerprint density at radius 1 is 1.35 bits per heavy atom. The molecule has 0 aromatic heterocycles. The van der Waals surface area contributed by atoms with Crippen molar-refractivity contribution in [3.8, 4) is 0 Å². The van der Waals surface area contributed by atoms with Crippen LogP contribution in [0.4, 0.5) is 11.4 Å². The Balaban J connectivity index is 0.00000131. The van der Waals surface area contributed by atoms with Gasteiger partial charge >= 0.3 is 35.0 Å². The Hall–Kier alpha value is -1.24. The number of carboxylic acid groups (broad SMARTS) is 1. The normalized spacial score (nSPS) is 28.2. The van der Waals surface area contributed by atoms with Gasteiger partial charge in [0.15, 0.2) is 0 Å². The smallest absolute Gasteiger partial charge is 1.00 e. The van der Waals surface area contributed by atoms with Gasteiger partial charge in [-0.1, -0.05) is 6.07 Å². The fourth-order valence-corrected chi connectivity index (χ4v) is 5.48. The van der Waals surface area contributed by atoms with Gasteiger partial charge in [0, 0.05) is 25.7 Å². The van der Waals surface area contributed by atoms with Gasteiger partial charge in [-0.25, -0.2) is 9.10 Å². The molecule has 1 unspecified atom stereocenters. The van der Waals surface area contributed by atoms with E-state index in [9.17, 15) is 18.3 Å². The number of anilines is 2. The van der Waals surface area contributed by atoms with Gasteiger partial charge < -0.3 is 16.7 Å². The van der Waals surface area contributed by atoms with Crippen LogP contribution in [0.5, 0.6) is 0 Å². The van der Waals surface area contributed by atoms with Gasteiger partial charge in [0.1, 0.15) is 0 Å². The zero-order valence-corrected chi connectivity index (χ0v) is 15.6. The first-order valence-electron chi connectivity index (χ1n) is 8.58. The summed E-state index contributed by atoms with van der Waals surface area (Å²) in [5.74, 6) is -0.480. The molecule has 8 nitrogen and oxygen atoms in total. The van der Waals surface area contributed by atoms with E-state index in [1.165, 1.54) is 23.2 Å². The van der Waals surface area contributed by atoms with E-state index >= 15 is 0 Å². The maximum atomic E-state index is 12.4. The number of carboxylic acids is 1. The summed E-state index contributed by atoms with van der Waals surface area (Å²) in [4.78, 5) is 13.9. The van der Waals surface area contributed by atoms with Crippen molar-refractivity contribution in [2.45, 2.75) is 18.9 Å². The van der Waals surface area contributed by atoms with E-state index in [0.717, 1.165) is 19.6 Å². The monoisotopic (exact) mass is 374 g/mol. The second-order valence-electron chi connectivity index (χ2n) is 6.88. The van der Waals surface area contributed by atoms with Crippen LogP contribution in [0.25, 0.3) is 0 Å². The molecular formula is C16H23LiN4O4S. The van der Waals surface area contributed by atoms with Crippen LogP contribution >= 0.6 is 0 Å². The van der Waals surface area contributed by atoms with Crippen LogP contribution in [-0.4, -0.2) is 63.2 Å². The molecule has 0 amide bonds. The van der Waals surface area contributed by atoms with Crippen LogP contribution in [0.2, 0.25) is 0 Å². The molecule has 0 saturated carbocycles. The number of fused-ring (bicyclic) bond motifs is 4. The standard InChI is InChI=1S/C16H22N4O4S.Li.H/c21-16(22)12-2-1-3-13-15(12)20(25(23,24)18-13)9-6-17-14-10-19-7-4-11(14)5-8-19;;/h1-3,11,14,17-18H,4-10H2,(H,21,22);;/q;+1;-1. The molecule has 1 atom stereocenters. The second-order valence-corrected chi connectivity index (χ2v) is 8.48. The summed E-state index contributed by atoms with van der Waals surface area (Å²) < 4.78 is 28.4. The predicted octanol–water partition coefficient (Wildman–Crippen LogP) is -2.34. The van der Waals surface area contributed by atoms with E-state index in [-0.39, 0.29) is 38.1 Å². The Labute approximate surface area is 166 Å². The van der Waals surface area contributed by atoms with Gasteiger partial charge in [0.05, 0.1) is 16.9 Å². The molecule has 1 aromatic rings. The zero-order valence-electron chi connectivity index (χ0n) is 15.8. The van der Waals surface area contributed by atoms with E-state index in [4.69, 9.17) is 0 Å². The molecule has 10 heteroatoms. The van der Waals surface area contributed by atoms with Crippen molar-refractivity contribution in [2.75, 3.05) is 41.8 Å². The predicted molar refractivity (Wildman–Crippen MR) is 95.4 cm³/mol. The molecular weight excluding hydrogens is 351 g/mol. The third-order valence-electron chi connectivity index (χ3n) is 5.42. The van der Waals surface area contributed by atoms with Crippen molar-refractivity contribution in [1.82, 2.24) is 10.2 Å². The molecule has 5 rings (SSSR count). The minimum absolute atomic E-state index is 0. The van der Waals surface area contributed by atoms with E-state index in [2.05, 4.69) is 14.9 Å². The van der Waals surface area contributed by atoms with Crippen molar-refractivity contribution in [2.24, 2.45) is 5.92 Å². The minimum atomic E-state index is -3.75. The first-order chi connectivity index (χ1) is 12.0. The number of carbonyl (C=O) groups is 1. The molecule has 0 spiro atoms. The Morgan fingerprint density at radius 3 is 2.69 bits per heavy atom. The summed E-state index contributed by atoms with van der Waals surface area (Å²) in [6.45, 7) is 4.01. The van der Waals surface area contributed by atoms with E-state index < -0.39 is 16.2 Å². The molecule has 4 aliphatic rings. The summed E-state index contributed by atoms with van der Waals surface area (Å²) in [6.07, 6.45) is 2.38. The van der Waals surface area contributed by atoms with Crippen molar-refractivity contribution in [3.63, 3.8) is 0 Å². The molecule has 3 fully saturated rings. The van der Waals surface area contributed by atoms with Crippen LogP contribution in [0.1, 0.15) is 24.6 Å². The Kier molecular flexibility index (Phi) is 5.56. The summed E-state index contributed by atoms with van der Waals surface area (Å²) in [5, 5.41) is 12.8. The molecule has 0 aliphatic carbocycles. The average molecular weight is 374 g/mol. The topological polar surface area (TPSA) is 102 Å². The van der Waals surface area contributed by atoms with Crippen LogP contribution in [0, 0.1) is 5.92 Å². The van der Waals surface area contributed by atoms with E-state index in [0.29, 0.717) is 24.2 Å². The Morgan fingerprint density at radius 2 is 2.08 bits per heavy atom. The van der Waals surface area contributed by atoms with Gasteiger partial charge in [-0.05, 0) is 44.0 Å². The summed E-state index contributed by atoms with van der Waals surface area (Å²) in [7, 11) is -3.75. The number of hydrogen-bond donors (Lipinski definition) is 3. The van der Waals surface area contributed by atoms with Crippen LogP contribution in [0.15, 0.2) is 18.2 Å². The maximum absolute atomic E-state index is 12.4. The molecule has 4 aliphatic heterocycles. The molecule has 26 heavy (non-hydrogen) atoms. The molecule has 138 valence electrons. The molecule has 2 bridgehead atoms. The number of rotatable bonds is 5. The fourth-order valence-electron chi connectivity index (χ4n) is 4.16. The van der Waals surface area contributed by atoms with Crippen molar-refractivity contribution in [1.29, 1.82) is 0 Å². The quantitative estimate of drug-likeness (QED) is 0.500. The van der Waals surface area contributed by atoms with Crippen LogP contribution < -0.4 is 33.2 Å². The van der Waals surface area contributed by atoms with Crippen LogP contribution in [0.3, 0.4) is 0 Å². The van der Waals surface area contributed by atoms with Crippen molar-refractivity contribution < 1.29 is 38.6 Å². The van der Waals surface area contributed by atoms with E-state index in [1.807, 2.05) is 0 Å².